The van der Waals surface area contributed by atoms with Crippen LogP contribution in [0.15, 0.2) is 84.4 Å². The molecule has 6 unspecified atom stereocenters. The van der Waals surface area contributed by atoms with Crippen molar-refractivity contribution in [3.8, 4) is 5.75 Å². The number of likely N-dealkylation sites (tertiary alicyclic amines) is 1. The summed E-state index contributed by atoms with van der Waals surface area (Å²) in [6.07, 6.45) is 7.24. The number of hydrazine groups is 1. The van der Waals surface area contributed by atoms with Crippen LogP contribution in [0.1, 0.15) is 62.0 Å². The number of anilines is 1. The van der Waals surface area contributed by atoms with Gasteiger partial charge in [0.25, 0.3) is 11.8 Å². The summed E-state index contributed by atoms with van der Waals surface area (Å²) in [5.74, 6) is -4.40. The molecule has 2 aliphatic heterocycles. The largest absolute Gasteiger partial charge is 0.491 e. The number of ether oxygens (including phenoxy) is 1. The summed E-state index contributed by atoms with van der Waals surface area (Å²) in [5, 5.41) is 10.8. The Kier molecular flexibility index (Phi) is 8.71. The molecule has 2 heterocycles. The van der Waals surface area contributed by atoms with Gasteiger partial charge in [-0.25, -0.2) is 4.39 Å². The van der Waals surface area contributed by atoms with Gasteiger partial charge in [0.05, 0.1) is 35.5 Å². The van der Waals surface area contributed by atoms with Gasteiger partial charge >= 0.3 is 0 Å². The molecule has 0 spiro atoms. The van der Waals surface area contributed by atoms with Crippen molar-refractivity contribution in [3.05, 3.63) is 106 Å². The lowest BCUT2D eigenvalue weighted by Crippen LogP contribution is -2.53. The van der Waals surface area contributed by atoms with Crippen LogP contribution in [0.5, 0.6) is 5.75 Å². The first-order chi connectivity index (χ1) is 24.7. The molecule has 3 aliphatic carbocycles. The first-order valence-corrected chi connectivity index (χ1v) is 18.2. The summed E-state index contributed by atoms with van der Waals surface area (Å²) in [6.45, 7) is -0.0402. The van der Waals surface area contributed by atoms with Crippen LogP contribution in [-0.4, -0.2) is 57.9 Å². The minimum Gasteiger partial charge on any atom is -0.491 e. The van der Waals surface area contributed by atoms with E-state index in [1.165, 1.54) is 24.3 Å². The van der Waals surface area contributed by atoms with Crippen LogP contribution in [0.3, 0.4) is 0 Å². The lowest BCUT2D eigenvalue weighted by atomic mass is 9.49. The van der Waals surface area contributed by atoms with Crippen LogP contribution in [0.4, 0.5) is 10.1 Å². The summed E-state index contributed by atoms with van der Waals surface area (Å²) in [7, 11) is 0. The third-order valence-corrected chi connectivity index (χ3v) is 12.1. The second-order valence-corrected chi connectivity index (χ2v) is 14.8. The normalized spacial score (nSPS) is 29.1. The number of benzene rings is 3. The van der Waals surface area contributed by atoms with E-state index in [-0.39, 0.29) is 37.5 Å². The zero-order valence-electron chi connectivity index (χ0n) is 28.0. The Morgan fingerprint density at radius 2 is 1.57 bits per heavy atom. The molecule has 6 atom stereocenters. The fraction of sp³-hybridized carbons (Fsp3) is 0.400. The van der Waals surface area contributed by atoms with E-state index in [1.807, 2.05) is 18.2 Å². The molecule has 2 saturated heterocycles. The number of carbonyl (C=O) groups is 4. The Morgan fingerprint density at radius 1 is 0.863 bits per heavy atom. The molecule has 51 heavy (non-hydrogen) atoms. The quantitative estimate of drug-likeness (QED) is 0.212. The van der Waals surface area contributed by atoms with Crippen LogP contribution < -0.4 is 10.2 Å². The molecule has 0 aromatic heterocycles. The average molecular weight is 712 g/mol. The minimum absolute atomic E-state index is 0.112. The summed E-state index contributed by atoms with van der Waals surface area (Å²) >= 11 is 6.37. The maximum Gasteiger partial charge on any atom is 0.260 e. The van der Waals surface area contributed by atoms with E-state index in [4.69, 9.17) is 16.3 Å². The second-order valence-electron chi connectivity index (χ2n) is 14.4. The highest BCUT2D eigenvalue weighted by Crippen LogP contribution is 2.64. The van der Waals surface area contributed by atoms with E-state index in [1.54, 1.807) is 41.3 Å². The smallest absolute Gasteiger partial charge is 0.260 e. The summed E-state index contributed by atoms with van der Waals surface area (Å²) < 4.78 is 19.5. The van der Waals surface area contributed by atoms with Gasteiger partial charge in [-0.15, -0.1) is 0 Å². The van der Waals surface area contributed by atoms with E-state index in [0.717, 1.165) is 48.2 Å². The number of amides is 4. The highest BCUT2D eigenvalue weighted by molar-refractivity contribution is 6.30. The van der Waals surface area contributed by atoms with Crippen LogP contribution in [0, 0.1) is 29.5 Å². The number of fused-ring (bicyclic) bond motifs is 4. The van der Waals surface area contributed by atoms with Gasteiger partial charge in [-0.05, 0) is 91.3 Å². The number of nitrogens with zero attached hydrogens (tertiary/aromatic N) is 2. The Balaban J connectivity index is 1.29. The van der Waals surface area contributed by atoms with E-state index in [9.17, 15) is 23.9 Å². The third kappa shape index (κ3) is 5.37. The Labute approximate surface area is 300 Å². The summed E-state index contributed by atoms with van der Waals surface area (Å²) in [4.78, 5) is 60.0. The van der Waals surface area contributed by atoms with Gasteiger partial charge in [0.2, 0.25) is 11.8 Å². The number of allylic oxidation sites excluding steroid dienone is 2. The van der Waals surface area contributed by atoms with Gasteiger partial charge in [-0.2, -0.15) is 5.01 Å². The standard InChI is InChI=1S/C40H39ClFN3O6/c41-25-10-8-24(9-11-25)40-33(37(48)45(39(40)50)43-27-14-12-26(42)13-15-27)22-32-30(35(40)23-6-16-29(17-7-23)51-21-20-46)18-19-31-34(32)38(49)44(36(31)47)28-4-2-1-3-5-28/h6-18,28,31-35,43,46H,1-5,19-22H2. The van der Waals surface area contributed by atoms with Crippen molar-refractivity contribution in [2.24, 2.45) is 23.7 Å². The fourth-order valence-electron chi connectivity index (χ4n) is 9.67. The topological polar surface area (TPSA) is 116 Å². The SMILES string of the molecule is O=C1C2CC3C(=CCC4C(=O)N(C5CCCCC5)C(=O)C43)C(c3ccc(OCCO)cc3)C2(c2ccc(Cl)cc2)C(=O)N1Nc1ccc(F)cc1. The lowest BCUT2D eigenvalue weighted by molar-refractivity contribution is -0.144. The van der Waals surface area contributed by atoms with Crippen molar-refractivity contribution in [1.82, 2.24) is 9.91 Å². The summed E-state index contributed by atoms with van der Waals surface area (Å²) in [6, 6.07) is 19.6. The number of halogens is 2. The number of rotatable bonds is 8. The average Bonchev–Trinajstić information content (AvgIpc) is 3.53. The molecule has 2 N–H and O–H groups in total. The van der Waals surface area contributed by atoms with Gasteiger partial charge in [-0.3, -0.25) is 29.5 Å². The maximum absolute atomic E-state index is 15.2. The predicted octanol–water partition coefficient (Wildman–Crippen LogP) is 6.17. The number of aliphatic hydroxyl groups is 1. The number of hydrogen-bond donors (Lipinski definition) is 2. The van der Waals surface area contributed by atoms with Crippen molar-refractivity contribution in [2.45, 2.75) is 62.3 Å². The molecule has 4 amide bonds. The first-order valence-electron chi connectivity index (χ1n) is 17.8. The maximum atomic E-state index is 15.2. The molecule has 0 bridgehead atoms. The van der Waals surface area contributed by atoms with Gasteiger partial charge in [0, 0.05) is 17.0 Å². The third-order valence-electron chi connectivity index (χ3n) is 11.8. The predicted molar refractivity (Wildman–Crippen MR) is 187 cm³/mol. The van der Waals surface area contributed by atoms with Crippen molar-refractivity contribution in [3.63, 3.8) is 0 Å². The Bertz CT molecular complexity index is 1890. The van der Waals surface area contributed by atoms with Gasteiger partial charge in [0.1, 0.15) is 18.2 Å². The first kappa shape index (κ1) is 33.6. The monoisotopic (exact) mass is 711 g/mol. The van der Waals surface area contributed by atoms with Gasteiger partial charge in [-0.1, -0.05) is 66.8 Å². The molecule has 264 valence electrons. The fourth-order valence-corrected chi connectivity index (χ4v) is 9.80. The zero-order valence-corrected chi connectivity index (χ0v) is 28.7. The van der Waals surface area contributed by atoms with Gasteiger partial charge in [0.15, 0.2) is 0 Å². The summed E-state index contributed by atoms with van der Waals surface area (Å²) in [5.41, 5.74) is 4.09. The van der Waals surface area contributed by atoms with E-state index in [2.05, 4.69) is 5.43 Å². The van der Waals surface area contributed by atoms with Crippen molar-refractivity contribution in [1.29, 1.82) is 0 Å². The Morgan fingerprint density at radius 3 is 2.25 bits per heavy atom. The van der Waals surface area contributed by atoms with Crippen LogP contribution in [0.25, 0.3) is 0 Å². The second kappa shape index (κ2) is 13.2. The van der Waals surface area contributed by atoms with Crippen LogP contribution in [-0.2, 0) is 24.6 Å². The molecule has 3 aromatic carbocycles. The lowest BCUT2D eigenvalue weighted by Gasteiger charge is -2.50. The molecule has 5 aliphatic rings. The van der Waals surface area contributed by atoms with Crippen LogP contribution in [0.2, 0.25) is 5.02 Å². The minimum atomic E-state index is -1.45. The zero-order chi connectivity index (χ0) is 35.4. The van der Waals surface area contributed by atoms with Gasteiger partial charge < -0.3 is 9.84 Å². The molecule has 9 nitrogen and oxygen atoms in total. The number of nitrogens with one attached hydrogen (secondary N) is 1. The molecule has 11 heteroatoms. The van der Waals surface area contributed by atoms with Crippen molar-refractivity contribution in [2.75, 3.05) is 18.6 Å². The molecular weight excluding hydrogens is 673 g/mol. The van der Waals surface area contributed by atoms with E-state index in [0.29, 0.717) is 28.4 Å². The van der Waals surface area contributed by atoms with E-state index < -0.39 is 52.6 Å². The number of aliphatic hydroxyl groups excluding tert-OH is 1. The molecule has 2 saturated carbocycles. The highest BCUT2D eigenvalue weighted by atomic mass is 35.5. The molecule has 0 radical (unpaired) electrons. The molecule has 4 fully saturated rings. The van der Waals surface area contributed by atoms with Crippen molar-refractivity contribution >= 4 is 40.9 Å². The number of carbonyl (C=O) groups excluding carboxylic acids is 4. The molecular formula is C40H39ClFN3O6. The number of imide groups is 2. The molecule has 3 aromatic rings. The van der Waals surface area contributed by atoms with Crippen LogP contribution >= 0.6 is 11.6 Å². The highest BCUT2D eigenvalue weighted by Gasteiger charge is 2.70. The van der Waals surface area contributed by atoms with Crippen molar-refractivity contribution < 1.29 is 33.4 Å². The number of hydrogen-bond acceptors (Lipinski definition) is 7. The Hall–Kier alpha value is -4.54. The van der Waals surface area contributed by atoms with E-state index >= 15 is 4.79 Å². The molecule has 8 rings (SSSR count).